The van der Waals surface area contributed by atoms with Crippen LogP contribution < -0.4 is 4.74 Å². The third kappa shape index (κ3) is 2.98. The molecule has 6 aromatic carbocycles. The predicted octanol–water partition coefficient (Wildman–Crippen LogP) is 9.45. The van der Waals surface area contributed by atoms with Crippen LogP contribution in [0.2, 0.25) is 0 Å². The highest BCUT2D eigenvalue weighted by molar-refractivity contribution is 6.23. The third-order valence-electron chi connectivity index (χ3n) is 8.00. The van der Waals surface area contributed by atoms with E-state index in [-0.39, 0.29) is 12.0 Å². The van der Waals surface area contributed by atoms with Crippen LogP contribution in [0.5, 0.6) is 5.75 Å². The fourth-order valence-corrected chi connectivity index (χ4v) is 6.41. The summed E-state index contributed by atoms with van der Waals surface area (Å²) in [6, 6.07) is 39.7. The first-order chi connectivity index (χ1) is 18.4. The number of rotatable bonds is 2. The Morgan fingerprint density at radius 1 is 0.459 bits per heavy atom. The Hall–Kier alpha value is -4.62. The van der Waals surface area contributed by atoms with E-state index in [0.717, 1.165) is 5.75 Å². The van der Waals surface area contributed by atoms with Gasteiger partial charge >= 0.3 is 0 Å². The van der Waals surface area contributed by atoms with Crippen LogP contribution in [0.1, 0.15) is 11.5 Å². The summed E-state index contributed by atoms with van der Waals surface area (Å²) >= 11 is 0. The van der Waals surface area contributed by atoms with Gasteiger partial charge in [0.15, 0.2) is 0 Å². The van der Waals surface area contributed by atoms with E-state index >= 15 is 0 Å². The topological polar surface area (TPSA) is 9.23 Å². The lowest BCUT2D eigenvalue weighted by molar-refractivity contribution is 0.270. The van der Waals surface area contributed by atoms with Crippen molar-refractivity contribution in [2.75, 3.05) is 0 Å². The maximum Gasteiger partial charge on any atom is 0.132 e. The van der Waals surface area contributed by atoms with E-state index in [2.05, 4.69) is 133 Å². The molecule has 2 atom stereocenters. The molecule has 0 amide bonds. The van der Waals surface area contributed by atoms with Gasteiger partial charge in [-0.05, 0) is 49.5 Å². The highest BCUT2D eigenvalue weighted by Gasteiger charge is 2.34. The Balaban J connectivity index is 1.50. The Bertz CT molecular complexity index is 1860. The van der Waals surface area contributed by atoms with Crippen LogP contribution in [-0.4, -0.2) is 6.10 Å². The van der Waals surface area contributed by atoms with Crippen molar-refractivity contribution < 1.29 is 4.74 Å². The second-order valence-corrected chi connectivity index (χ2v) is 9.97. The molecule has 1 heterocycles. The normalized spacial score (nSPS) is 17.7. The fourth-order valence-electron chi connectivity index (χ4n) is 6.41. The zero-order valence-corrected chi connectivity index (χ0v) is 20.3. The van der Waals surface area contributed by atoms with Gasteiger partial charge in [-0.15, -0.1) is 0 Å². The van der Waals surface area contributed by atoms with Gasteiger partial charge in [0, 0.05) is 22.6 Å². The Morgan fingerprint density at radius 3 is 1.73 bits per heavy atom. The summed E-state index contributed by atoms with van der Waals surface area (Å²) in [6.07, 6.45) is 8.73. The smallest absolute Gasteiger partial charge is 0.132 e. The molecule has 1 aliphatic carbocycles. The molecule has 1 heteroatoms. The maximum absolute atomic E-state index is 6.63. The summed E-state index contributed by atoms with van der Waals surface area (Å²) in [5, 5.41) is 7.57. The highest BCUT2D eigenvalue weighted by Crippen LogP contribution is 2.51. The van der Waals surface area contributed by atoms with Gasteiger partial charge in [0.25, 0.3) is 0 Å². The SMILES string of the molecule is C1=CC2Oc3c(-c4c5ccccc5c(-c5cccc6ccccc56)c5ccccc45)cccc3C2C=C1. The average Bonchev–Trinajstić information content (AvgIpc) is 3.35. The molecule has 0 saturated heterocycles. The minimum Gasteiger partial charge on any atom is -0.484 e. The van der Waals surface area contributed by atoms with Gasteiger partial charge in [-0.1, -0.05) is 127 Å². The summed E-state index contributed by atoms with van der Waals surface area (Å²) in [6.45, 7) is 0. The molecule has 0 radical (unpaired) electrons. The lowest BCUT2D eigenvalue weighted by atomic mass is 9.83. The van der Waals surface area contributed by atoms with E-state index in [9.17, 15) is 0 Å². The Kier molecular flexibility index (Phi) is 4.41. The molecule has 0 fully saturated rings. The Labute approximate surface area is 216 Å². The molecule has 174 valence electrons. The maximum atomic E-state index is 6.63. The molecule has 2 aliphatic rings. The van der Waals surface area contributed by atoms with Crippen LogP contribution in [0.3, 0.4) is 0 Å². The number of hydrogen-bond donors (Lipinski definition) is 0. The Morgan fingerprint density at radius 2 is 1.00 bits per heavy atom. The van der Waals surface area contributed by atoms with E-state index in [1.54, 1.807) is 0 Å². The number of fused-ring (bicyclic) bond motifs is 6. The van der Waals surface area contributed by atoms with Crippen LogP contribution in [0, 0.1) is 0 Å². The van der Waals surface area contributed by atoms with Crippen molar-refractivity contribution in [3.05, 3.63) is 139 Å². The number of ether oxygens (including phenoxy) is 1. The molecule has 0 saturated carbocycles. The van der Waals surface area contributed by atoms with Gasteiger partial charge in [-0.2, -0.15) is 0 Å². The number of hydrogen-bond acceptors (Lipinski definition) is 1. The van der Waals surface area contributed by atoms with Crippen molar-refractivity contribution >= 4 is 32.3 Å². The van der Waals surface area contributed by atoms with Crippen molar-refractivity contribution in [2.45, 2.75) is 12.0 Å². The van der Waals surface area contributed by atoms with Gasteiger partial charge in [0.2, 0.25) is 0 Å². The molecule has 1 nitrogen and oxygen atoms in total. The van der Waals surface area contributed by atoms with Crippen molar-refractivity contribution in [3.8, 4) is 28.0 Å². The molecular weight excluding hydrogens is 448 g/mol. The fraction of sp³-hybridized carbons (Fsp3) is 0.0556. The van der Waals surface area contributed by atoms with Gasteiger partial charge in [0.05, 0.1) is 0 Å². The monoisotopic (exact) mass is 472 g/mol. The molecule has 0 aromatic heterocycles. The zero-order valence-electron chi connectivity index (χ0n) is 20.3. The summed E-state index contributed by atoms with van der Waals surface area (Å²) < 4.78 is 6.63. The quantitative estimate of drug-likeness (QED) is 0.228. The summed E-state index contributed by atoms with van der Waals surface area (Å²) in [4.78, 5) is 0. The third-order valence-corrected chi connectivity index (χ3v) is 8.00. The summed E-state index contributed by atoms with van der Waals surface area (Å²) in [5.74, 6) is 1.29. The predicted molar refractivity (Wildman–Crippen MR) is 155 cm³/mol. The summed E-state index contributed by atoms with van der Waals surface area (Å²) in [7, 11) is 0. The summed E-state index contributed by atoms with van der Waals surface area (Å²) in [5.41, 5.74) is 6.26. The molecule has 1 aliphatic heterocycles. The molecule has 6 aromatic rings. The minimum absolute atomic E-state index is 0.0636. The lowest BCUT2D eigenvalue weighted by Crippen LogP contribution is -2.15. The van der Waals surface area contributed by atoms with Gasteiger partial charge in [0.1, 0.15) is 11.9 Å². The van der Waals surface area contributed by atoms with Crippen LogP contribution in [0.25, 0.3) is 54.6 Å². The van der Waals surface area contributed by atoms with Crippen LogP contribution in [0.15, 0.2) is 133 Å². The molecule has 37 heavy (non-hydrogen) atoms. The molecule has 0 spiro atoms. The second kappa shape index (κ2) is 7.94. The van der Waals surface area contributed by atoms with Gasteiger partial charge in [-0.25, -0.2) is 0 Å². The first-order valence-corrected chi connectivity index (χ1v) is 12.9. The number of benzene rings is 6. The molecule has 2 unspecified atom stereocenters. The van der Waals surface area contributed by atoms with Crippen molar-refractivity contribution in [1.29, 1.82) is 0 Å². The first kappa shape index (κ1) is 20.6. The van der Waals surface area contributed by atoms with E-state index in [1.807, 2.05) is 0 Å². The van der Waals surface area contributed by atoms with E-state index < -0.39 is 0 Å². The van der Waals surface area contributed by atoms with E-state index in [4.69, 9.17) is 4.74 Å². The molecular formula is C36H24O. The highest BCUT2D eigenvalue weighted by atomic mass is 16.5. The molecule has 0 N–H and O–H groups in total. The van der Waals surface area contributed by atoms with Crippen molar-refractivity contribution in [3.63, 3.8) is 0 Å². The molecule has 8 rings (SSSR count). The van der Waals surface area contributed by atoms with E-state index in [0.29, 0.717) is 0 Å². The van der Waals surface area contributed by atoms with Gasteiger partial charge in [-0.3, -0.25) is 0 Å². The zero-order chi connectivity index (χ0) is 24.3. The number of allylic oxidation sites excluding steroid dienone is 2. The minimum atomic E-state index is 0.0636. The van der Waals surface area contributed by atoms with Gasteiger partial charge < -0.3 is 4.74 Å². The largest absolute Gasteiger partial charge is 0.484 e. The van der Waals surface area contributed by atoms with E-state index in [1.165, 1.54) is 60.1 Å². The van der Waals surface area contributed by atoms with Crippen LogP contribution in [0.4, 0.5) is 0 Å². The van der Waals surface area contributed by atoms with Crippen LogP contribution in [-0.2, 0) is 0 Å². The standard InChI is InChI=1S/C36H24O/c1-2-13-24-23(11-1)12-9-19-26(24)34-27-15-3-5-17-29(27)35(30-18-6-4-16-28(30)34)32-21-10-20-31-25-14-7-8-22-33(25)37-36(31)32/h1-22,25,33H. The lowest BCUT2D eigenvalue weighted by Gasteiger charge is -2.20. The first-order valence-electron chi connectivity index (χ1n) is 12.9. The van der Waals surface area contributed by atoms with Crippen molar-refractivity contribution in [1.82, 2.24) is 0 Å². The average molecular weight is 473 g/mol. The number of para-hydroxylation sites is 1. The van der Waals surface area contributed by atoms with Crippen molar-refractivity contribution in [2.24, 2.45) is 0 Å². The van der Waals surface area contributed by atoms with Crippen LogP contribution >= 0.6 is 0 Å². The second-order valence-electron chi connectivity index (χ2n) is 9.97. The molecule has 0 bridgehead atoms.